The number of rotatable bonds is 6. The number of carboxylic acid groups (broad SMARTS) is 1. The lowest BCUT2D eigenvalue weighted by Gasteiger charge is -2.20. The Kier molecular flexibility index (Phi) is 5.42. The molecule has 160 valence electrons. The van der Waals surface area contributed by atoms with Gasteiger partial charge in [-0.15, -0.1) is 11.3 Å². The highest BCUT2D eigenvalue weighted by molar-refractivity contribution is 7.92. The molecule has 1 aliphatic heterocycles. The minimum absolute atomic E-state index is 0.0132. The number of methoxy groups -OCH3 is 1. The fourth-order valence-electron chi connectivity index (χ4n) is 3.45. The van der Waals surface area contributed by atoms with E-state index in [2.05, 4.69) is 5.32 Å². The number of fused-ring (bicyclic) bond motifs is 1. The molecule has 0 unspecified atom stereocenters. The van der Waals surface area contributed by atoms with Gasteiger partial charge in [0, 0.05) is 6.54 Å². The van der Waals surface area contributed by atoms with Crippen molar-refractivity contribution in [2.24, 2.45) is 0 Å². The number of carboxylic acids is 1. The van der Waals surface area contributed by atoms with Crippen LogP contribution in [-0.2, 0) is 16.4 Å². The maximum atomic E-state index is 13.3. The third-order valence-corrected chi connectivity index (χ3v) is 7.61. The Hall–Kier alpha value is -3.37. The zero-order valence-electron chi connectivity index (χ0n) is 16.4. The normalized spacial score (nSPS) is 13.0. The summed E-state index contributed by atoms with van der Waals surface area (Å²) in [4.78, 5) is 24.1. The number of aromatic carboxylic acids is 1. The van der Waals surface area contributed by atoms with Gasteiger partial charge in [0.1, 0.15) is 10.8 Å². The van der Waals surface area contributed by atoms with E-state index in [1.165, 1.54) is 35.7 Å². The molecule has 0 atom stereocenters. The van der Waals surface area contributed by atoms with Crippen molar-refractivity contribution in [1.29, 1.82) is 0 Å². The number of benzene rings is 2. The molecule has 1 amide bonds. The molecule has 10 heteroatoms. The summed E-state index contributed by atoms with van der Waals surface area (Å²) in [6, 6.07) is 12.7. The number of amides is 1. The maximum absolute atomic E-state index is 13.3. The average molecular weight is 459 g/mol. The molecular formula is C21H18N2O6S2. The Labute approximate surface area is 182 Å². The molecule has 4 rings (SSSR count). The molecule has 8 nitrogen and oxygen atoms in total. The second kappa shape index (κ2) is 8.05. The molecule has 1 aromatic heterocycles. The Morgan fingerprint density at radius 3 is 2.65 bits per heavy atom. The van der Waals surface area contributed by atoms with Crippen LogP contribution in [0.15, 0.2) is 58.8 Å². The Morgan fingerprint density at radius 2 is 1.90 bits per heavy atom. The molecule has 1 aliphatic rings. The van der Waals surface area contributed by atoms with Crippen molar-refractivity contribution in [3.63, 3.8) is 0 Å². The second-order valence-corrected chi connectivity index (χ2v) is 9.52. The predicted molar refractivity (Wildman–Crippen MR) is 117 cm³/mol. The van der Waals surface area contributed by atoms with Crippen LogP contribution in [0.2, 0.25) is 0 Å². The fraction of sp³-hybridized carbons (Fsp3) is 0.143. The van der Waals surface area contributed by atoms with Crippen LogP contribution in [0, 0.1) is 0 Å². The van der Waals surface area contributed by atoms with Gasteiger partial charge in [-0.1, -0.05) is 18.2 Å². The van der Waals surface area contributed by atoms with Crippen LogP contribution < -0.4 is 14.4 Å². The molecule has 2 N–H and O–H groups in total. The summed E-state index contributed by atoms with van der Waals surface area (Å²) in [6.07, 6.45) is 0.606. The van der Waals surface area contributed by atoms with Crippen LogP contribution in [-0.4, -0.2) is 39.1 Å². The van der Waals surface area contributed by atoms with Gasteiger partial charge >= 0.3 is 5.97 Å². The van der Waals surface area contributed by atoms with E-state index in [1.807, 2.05) is 12.1 Å². The van der Waals surface area contributed by atoms with Crippen molar-refractivity contribution in [2.75, 3.05) is 23.3 Å². The van der Waals surface area contributed by atoms with E-state index in [9.17, 15) is 23.1 Å². The number of sulfonamides is 1. The molecule has 2 heterocycles. The summed E-state index contributed by atoms with van der Waals surface area (Å²) in [5.41, 5.74) is 1.50. The monoisotopic (exact) mass is 458 g/mol. The van der Waals surface area contributed by atoms with Gasteiger partial charge in [-0.05, 0) is 47.7 Å². The third kappa shape index (κ3) is 3.75. The second-order valence-electron chi connectivity index (χ2n) is 6.74. The summed E-state index contributed by atoms with van der Waals surface area (Å²) >= 11 is 1.06. The van der Waals surface area contributed by atoms with Gasteiger partial charge in [-0.3, -0.25) is 9.10 Å². The van der Waals surface area contributed by atoms with E-state index in [0.717, 1.165) is 16.9 Å². The summed E-state index contributed by atoms with van der Waals surface area (Å²) in [6.45, 7) is 0.312. The van der Waals surface area contributed by atoms with Crippen molar-refractivity contribution in [3.8, 4) is 5.75 Å². The summed E-state index contributed by atoms with van der Waals surface area (Å²) in [7, 11) is -2.54. The van der Waals surface area contributed by atoms with Crippen LogP contribution in [0.25, 0.3) is 0 Å². The number of ether oxygens (including phenoxy) is 1. The lowest BCUT2D eigenvalue weighted by molar-refractivity contribution is 0.0698. The maximum Gasteiger partial charge on any atom is 0.338 e. The molecule has 2 aromatic carbocycles. The van der Waals surface area contributed by atoms with Crippen molar-refractivity contribution in [2.45, 2.75) is 11.3 Å². The van der Waals surface area contributed by atoms with Crippen LogP contribution in [0.1, 0.15) is 26.3 Å². The zero-order chi connectivity index (χ0) is 22.2. The van der Waals surface area contributed by atoms with Crippen LogP contribution in [0.5, 0.6) is 5.75 Å². The minimum Gasteiger partial charge on any atom is -0.496 e. The molecular weight excluding hydrogens is 440 g/mol. The number of para-hydroxylation sites is 1. The van der Waals surface area contributed by atoms with Crippen LogP contribution in [0.3, 0.4) is 0 Å². The van der Waals surface area contributed by atoms with E-state index < -0.39 is 21.9 Å². The summed E-state index contributed by atoms with van der Waals surface area (Å²) in [5, 5.41) is 13.5. The molecule has 3 aromatic rings. The number of hydrogen-bond acceptors (Lipinski definition) is 6. The van der Waals surface area contributed by atoms with Crippen LogP contribution >= 0.6 is 11.3 Å². The average Bonchev–Trinajstić information content (AvgIpc) is 3.40. The fourth-order valence-corrected chi connectivity index (χ4v) is 5.76. The Bertz CT molecular complexity index is 1280. The summed E-state index contributed by atoms with van der Waals surface area (Å²) < 4.78 is 33.2. The van der Waals surface area contributed by atoms with E-state index in [-0.39, 0.29) is 26.8 Å². The number of hydrogen-bond donors (Lipinski definition) is 2. The van der Waals surface area contributed by atoms with E-state index >= 15 is 0 Å². The number of carbonyl (C=O) groups excluding carboxylic acids is 1. The first-order valence-electron chi connectivity index (χ1n) is 9.23. The lowest BCUT2D eigenvalue weighted by Crippen LogP contribution is -2.29. The van der Waals surface area contributed by atoms with Crippen molar-refractivity contribution in [1.82, 2.24) is 0 Å². The number of carbonyl (C=O) groups is 2. The molecule has 0 saturated heterocycles. The molecule has 0 fully saturated rings. The van der Waals surface area contributed by atoms with Gasteiger partial charge in [0.15, 0.2) is 0 Å². The number of anilines is 2. The number of nitrogens with zero attached hydrogens (tertiary/aromatic N) is 1. The summed E-state index contributed by atoms with van der Waals surface area (Å²) in [5.74, 6) is -1.67. The quantitative estimate of drug-likeness (QED) is 0.585. The molecule has 0 spiro atoms. The van der Waals surface area contributed by atoms with Crippen molar-refractivity contribution < 1.29 is 27.9 Å². The van der Waals surface area contributed by atoms with Gasteiger partial charge in [0.25, 0.3) is 15.9 Å². The van der Waals surface area contributed by atoms with Gasteiger partial charge in [0.05, 0.1) is 28.8 Å². The van der Waals surface area contributed by atoms with Gasteiger partial charge in [-0.2, -0.15) is 0 Å². The lowest BCUT2D eigenvalue weighted by atomic mass is 10.2. The highest BCUT2D eigenvalue weighted by atomic mass is 32.2. The van der Waals surface area contributed by atoms with Gasteiger partial charge < -0.3 is 15.2 Å². The molecule has 0 aliphatic carbocycles. The van der Waals surface area contributed by atoms with Crippen LogP contribution in [0.4, 0.5) is 10.7 Å². The highest BCUT2D eigenvalue weighted by Gasteiger charge is 2.31. The number of thiophene rings is 1. The van der Waals surface area contributed by atoms with E-state index in [1.54, 1.807) is 17.5 Å². The highest BCUT2D eigenvalue weighted by Crippen LogP contribution is 2.34. The smallest absolute Gasteiger partial charge is 0.338 e. The largest absolute Gasteiger partial charge is 0.496 e. The number of nitrogens with one attached hydrogen (secondary N) is 1. The topological polar surface area (TPSA) is 113 Å². The third-order valence-electron chi connectivity index (χ3n) is 4.97. The van der Waals surface area contributed by atoms with Gasteiger partial charge in [-0.25, -0.2) is 13.2 Å². The molecule has 0 bridgehead atoms. The van der Waals surface area contributed by atoms with Gasteiger partial charge in [0.2, 0.25) is 0 Å². The van der Waals surface area contributed by atoms with Crippen molar-refractivity contribution in [3.05, 3.63) is 70.6 Å². The van der Waals surface area contributed by atoms with Crippen molar-refractivity contribution >= 4 is 43.9 Å². The SMILES string of the molecule is COc1ccc(S(=O)(=O)N2CCc3ccccc32)cc1C(=O)Nc1sccc1C(=O)O. The van der Waals surface area contributed by atoms with E-state index in [4.69, 9.17) is 4.74 Å². The predicted octanol–water partition coefficient (Wildman–Crippen LogP) is 3.46. The first kappa shape index (κ1) is 20.9. The Balaban J connectivity index is 1.70. The first-order chi connectivity index (χ1) is 14.8. The molecule has 31 heavy (non-hydrogen) atoms. The molecule has 0 radical (unpaired) electrons. The first-order valence-corrected chi connectivity index (χ1v) is 11.6. The van der Waals surface area contributed by atoms with E-state index in [0.29, 0.717) is 18.7 Å². The standard InChI is InChI=1S/C21H18N2O6S2/c1-29-18-7-6-14(31(27,28)23-10-8-13-4-2-3-5-17(13)23)12-16(18)19(24)22-20-15(21(25)26)9-11-30-20/h2-7,9,11-12H,8,10H2,1H3,(H,22,24)(H,25,26). The Morgan fingerprint density at radius 1 is 1.13 bits per heavy atom. The zero-order valence-corrected chi connectivity index (χ0v) is 18.0. The minimum atomic E-state index is -3.91. The molecule has 0 saturated carbocycles.